The van der Waals surface area contributed by atoms with Crippen molar-refractivity contribution in [2.45, 2.75) is 6.92 Å². The molecule has 0 atom stereocenters. The number of aromatic nitrogens is 4. The van der Waals surface area contributed by atoms with Crippen molar-refractivity contribution in [3.63, 3.8) is 0 Å². The first-order chi connectivity index (χ1) is 9.58. The first-order valence-corrected chi connectivity index (χ1v) is 6.85. The summed E-state index contributed by atoms with van der Waals surface area (Å²) in [5.41, 5.74) is 2.81. The van der Waals surface area contributed by atoms with Crippen LogP contribution in [0.3, 0.4) is 0 Å². The van der Waals surface area contributed by atoms with Crippen LogP contribution in [0, 0.1) is 10.5 Å². The lowest BCUT2D eigenvalue weighted by Crippen LogP contribution is -2.08. The molecule has 6 nitrogen and oxygen atoms in total. The van der Waals surface area contributed by atoms with Gasteiger partial charge in [0.05, 0.1) is 15.0 Å². The summed E-state index contributed by atoms with van der Waals surface area (Å²) < 4.78 is 2.21. The minimum atomic E-state index is -1.04. The van der Waals surface area contributed by atoms with E-state index in [0.717, 1.165) is 14.8 Å². The molecule has 0 spiro atoms. The van der Waals surface area contributed by atoms with E-state index in [1.165, 1.54) is 10.6 Å². The zero-order chi connectivity index (χ0) is 14.3. The van der Waals surface area contributed by atoms with Gasteiger partial charge in [0, 0.05) is 18.0 Å². The fourth-order valence-electron chi connectivity index (χ4n) is 1.92. The van der Waals surface area contributed by atoms with Gasteiger partial charge in [-0.05, 0) is 47.7 Å². The molecule has 0 aliphatic carbocycles. The molecule has 3 aromatic heterocycles. The predicted molar refractivity (Wildman–Crippen MR) is 80.6 cm³/mol. The van der Waals surface area contributed by atoms with Crippen LogP contribution >= 0.6 is 22.6 Å². The van der Waals surface area contributed by atoms with E-state index in [4.69, 9.17) is 0 Å². The second-order valence-electron chi connectivity index (χ2n) is 4.20. The summed E-state index contributed by atoms with van der Waals surface area (Å²) in [6.45, 7) is 1.83. The Hall–Kier alpha value is -2.03. The minimum Gasteiger partial charge on any atom is -0.477 e. The molecule has 0 bridgehead atoms. The van der Waals surface area contributed by atoms with E-state index in [1.54, 1.807) is 24.5 Å². The summed E-state index contributed by atoms with van der Waals surface area (Å²) >= 11 is 2.12. The molecule has 0 aliphatic rings. The fraction of sp³-hybridized carbons (Fsp3) is 0.0769. The number of halogens is 1. The summed E-state index contributed by atoms with van der Waals surface area (Å²) in [5.74, 6) is -1.04. The number of nitrogens with zero attached hydrogens (tertiary/aromatic N) is 4. The normalized spacial score (nSPS) is 10.9. The molecule has 0 aromatic carbocycles. The SMILES string of the molecule is Cc1nn2c(C(=O)O)cc(-c3ccncc3)nc2c1I. The van der Waals surface area contributed by atoms with E-state index in [2.05, 4.69) is 37.7 Å². The van der Waals surface area contributed by atoms with Crippen molar-refractivity contribution in [2.24, 2.45) is 0 Å². The molecule has 1 N–H and O–H groups in total. The molecule has 3 rings (SSSR count). The summed E-state index contributed by atoms with van der Waals surface area (Å²) in [7, 11) is 0. The Morgan fingerprint density at radius 3 is 2.70 bits per heavy atom. The van der Waals surface area contributed by atoms with Gasteiger partial charge in [0.15, 0.2) is 11.3 Å². The average Bonchev–Trinajstić information content (AvgIpc) is 2.74. The van der Waals surface area contributed by atoms with Gasteiger partial charge in [-0.3, -0.25) is 4.98 Å². The molecule has 0 amide bonds. The molecule has 0 unspecified atom stereocenters. The van der Waals surface area contributed by atoms with Crippen LogP contribution in [0.1, 0.15) is 16.2 Å². The number of aromatic carboxylic acids is 1. The third kappa shape index (κ3) is 2.03. The number of carbonyl (C=O) groups is 1. The van der Waals surface area contributed by atoms with Crippen LogP contribution in [0.2, 0.25) is 0 Å². The molecule has 3 heterocycles. The van der Waals surface area contributed by atoms with Gasteiger partial charge in [0.1, 0.15) is 0 Å². The maximum atomic E-state index is 11.4. The first-order valence-electron chi connectivity index (χ1n) is 5.77. The van der Waals surface area contributed by atoms with Gasteiger partial charge in [0.25, 0.3) is 0 Å². The monoisotopic (exact) mass is 380 g/mol. The van der Waals surface area contributed by atoms with E-state index in [9.17, 15) is 9.90 Å². The largest absolute Gasteiger partial charge is 0.477 e. The molecule has 0 aliphatic heterocycles. The first kappa shape index (κ1) is 13.0. The van der Waals surface area contributed by atoms with Crippen molar-refractivity contribution in [1.82, 2.24) is 19.6 Å². The second-order valence-corrected chi connectivity index (χ2v) is 5.28. The molecule has 7 heteroatoms. The number of carboxylic acids is 1. The zero-order valence-electron chi connectivity index (χ0n) is 10.4. The topological polar surface area (TPSA) is 80.4 Å². The lowest BCUT2D eigenvalue weighted by Gasteiger charge is -2.05. The molecule has 0 saturated heterocycles. The van der Waals surface area contributed by atoms with Crippen LogP contribution in [0.5, 0.6) is 0 Å². The molecule has 0 saturated carbocycles. The van der Waals surface area contributed by atoms with Gasteiger partial charge in [-0.1, -0.05) is 0 Å². The quantitative estimate of drug-likeness (QED) is 0.691. The van der Waals surface area contributed by atoms with Crippen LogP contribution in [0.25, 0.3) is 16.9 Å². The lowest BCUT2D eigenvalue weighted by atomic mass is 10.1. The van der Waals surface area contributed by atoms with Crippen LogP contribution in [-0.4, -0.2) is 30.7 Å². The Kier molecular flexibility index (Phi) is 3.13. The lowest BCUT2D eigenvalue weighted by molar-refractivity contribution is 0.0687. The highest BCUT2D eigenvalue weighted by Gasteiger charge is 2.17. The molecular formula is C13H9IN4O2. The van der Waals surface area contributed by atoms with Crippen molar-refractivity contribution in [3.8, 4) is 11.3 Å². The third-order valence-electron chi connectivity index (χ3n) is 2.89. The van der Waals surface area contributed by atoms with Crippen LogP contribution in [0.15, 0.2) is 30.6 Å². The Balaban J connectivity index is 2.36. The zero-order valence-corrected chi connectivity index (χ0v) is 12.6. The Morgan fingerprint density at radius 1 is 1.35 bits per heavy atom. The standard InChI is InChI=1S/C13H9IN4O2/c1-7-11(14)12-16-9(8-2-4-15-5-3-8)6-10(13(19)20)18(12)17-7/h2-6H,1H3,(H,19,20). The molecule has 20 heavy (non-hydrogen) atoms. The van der Waals surface area contributed by atoms with Gasteiger partial charge in [-0.2, -0.15) is 5.10 Å². The minimum absolute atomic E-state index is 0.0906. The van der Waals surface area contributed by atoms with E-state index in [0.29, 0.717) is 11.3 Å². The molecular weight excluding hydrogens is 371 g/mol. The van der Waals surface area contributed by atoms with Crippen molar-refractivity contribution < 1.29 is 9.90 Å². The number of carboxylic acid groups (broad SMARTS) is 1. The second kappa shape index (κ2) is 4.82. The van der Waals surface area contributed by atoms with Crippen LogP contribution in [0.4, 0.5) is 0 Å². The summed E-state index contributed by atoms with van der Waals surface area (Å²) in [6, 6.07) is 5.11. The van der Waals surface area contributed by atoms with Crippen molar-refractivity contribution in [3.05, 3.63) is 45.6 Å². The van der Waals surface area contributed by atoms with E-state index in [-0.39, 0.29) is 5.69 Å². The van der Waals surface area contributed by atoms with Crippen molar-refractivity contribution in [1.29, 1.82) is 0 Å². The molecule has 100 valence electrons. The number of hydrogen-bond donors (Lipinski definition) is 1. The summed E-state index contributed by atoms with van der Waals surface area (Å²) in [4.78, 5) is 19.9. The van der Waals surface area contributed by atoms with Gasteiger partial charge < -0.3 is 5.11 Å². The number of rotatable bonds is 2. The molecule has 0 radical (unpaired) electrons. The van der Waals surface area contributed by atoms with E-state index >= 15 is 0 Å². The predicted octanol–water partition coefficient (Wildman–Crippen LogP) is 2.40. The Bertz CT molecular complexity index is 814. The van der Waals surface area contributed by atoms with Gasteiger partial charge in [-0.25, -0.2) is 14.3 Å². The average molecular weight is 380 g/mol. The van der Waals surface area contributed by atoms with Gasteiger partial charge >= 0.3 is 5.97 Å². The maximum absolute atomic E-state index is 11.4. The summed E-state index contributed by atoms with van der Waals surface area (Å²) in [6.07, 6.45) is 3.29. The van der Waals surface area contributed by atoms with Crippen LogP contribution in [-0.2, 0) is 0 Å². The highest BCUT2D eigenvalue weighted by molar-refractivity contribution is 14.1. The number of aryl methyl sites for hydroxylation is 1. The highest BCUT2D eigenvalue weighted by atomic mass is 127. The van der Waals surface area contributed by atoms with Crippen molar-refractivity contribution >= 4 is 34.2 Å². The maximum Gasteiger partial charge on any atom is 0.354 e. The van der Waals surface area contributed by atoms with E-state index < -0.39 is 5.97 Å². The Morgan fingerprint density at radius 2 is 2.05 bits per heavy atom. The van der Waals surface area contributed by atoms with Crippen LogP contribution < -0.4 is 0 Å². The summed E-state index contributed by atoms with van der Waals surface area (Å²) in [5, 5.41) is 13.6. The number of hydrogen-bond acceptors (Lipinski definition) is 4. The highest BCUT2D eigenvalue weighted by Crippen LogP contribution is 2.23. The fourth-order valence-corrected chi connectivity index (χ4v) is 2.38. The Labute approximate surface area is 127 Å². The number of pyridine rings is 1. The van der Waals surface area contributed by atoms with E-state index in [1.807, 2.05) is 6.92 Å². The smallest absolute Gasteiger partial charge is 0.354 e. The third-order valence-corrected chi connectivity index (χ3v) is 4.15. The van der Waals surface area contributed by atoms with Gasteiger partial charge in [0.2, 0.25) is 0 Å². The molecule has 0 fully saturated rings. The van der Waals surface area contributed by atoms with Gasteiger partial charge in [-0.15, -0.1) is 0 Å². The number of fused-ring (bicyclic) bond motifs is 1. The van der Waals surface area contributed by atoms with Crippen molar-refractivity contribution in [2.75, 3.05) is 0 Å². The molecule has 3 aromatic rings.